The minimum absolute atomic E-state index is 0.0153. The van der Waals surface area contributed by atoms with Crippen LogP contribution in [-0.2, 0) is 6.42 Å². The summed E-state index contributed by atoms with van der Waals surface area (Å²) in [4.78, 5) is 14.1. The molecule has 2 nitrogen and oxygen atoms in total. The van der Waals surface area contributed by atoms with Gasteiger partial charge in [0.2, 0.25) is 0 Å². The van der Waals surface area contributed by atoms with Gasteiger partial charge in [-0.3, -0.25) is 4.79 Å². The van der Waals surface area contributed by atoms with Crippen LogP contribution in [0.4, 0.5) is 0 Å². The first kappa shape index (κ1) is 11.6. The highest BCUT2D eigenvalue weighted by Crippen LogP contribution is 2.20. The number of aromatic nitrogens is 1. The maximum Gasteiger partial charge on any atom is 0.250 e. The van der Waals surface area contributed by atoms with Crippen LogP contribution in [0.2, 0.25) is 0 Å². The van der Waals surface area contributed by atoms with E-state index < -0.39 is 0 Å². The summed E-state index contributed by atoms with van der Waals surface area (Å²) in [6.45, 7) is 4.01. The monoisotopic (exact) mass is 227 g/mol. The largest absolute Gasteiger partial charge is 0.328 e. The van der Waals surface area contributed by atoms with Gasteiger partial charge in [0.15, 0.2) is 0 Å². The highest BCUT2D eigenvalue weighted by atomic mass is 16.1. The molecule has 17 heavy (non-hydrogen) atoms. The third-order valence-electron chi connectivity index (χ3n) is 2.89. The Balaban J connectivity index is 2.41. The van der Waals surface area contributed by atoms with Crippen molar-refractivity contribution < 1.29 is 0 Å². The van der Waals surface area contributed by atoms with E-state index in [9.17, 15) is 4.79 Å². The van der Waals surface area contributed by atoms with Crippen molar-refractivity contribution >= 4 is 0 Å². The highest BCUT2D eigenvalue weighted by molar-refractivity contribution is 5.63. The summed E-state index contributed by atoms with van der Waals surface area (Å²) in [5.74, 6) is 0. The van der Waals surface area contributed by atoms with Crippen LogP contribution in [0, 0.1) is 6.92 Å². The van der Waals surface area contributed by atoms with Crippen molar-refractivity contribution in [2.75, 3.05) is 0 Å². The molecule has 0 bridgehead atoms. The Labute approximate surface area is 101 Å². The van der Waals surface area contributed by atoms with Crippen LogP contribution >= 0.6 is 0 Å². The Bertz CT molecular complexity index is 569. The number of rotatable bonds is 3. The summed E-state index contributed by atoms with van der Waals surface area (Å²) in [6.07, 6.45) is 4.02. The van der Waals surface area contributed by atoms with E-state index >= 15 is 0 Å². The Kier molecular flexibility index (Phi) is 3.43. The van der Waals surface area contributed by atoms with Gasteiger partial charge in [-0.05, 0) is 36.1 Å². The molecule has 1 aromatic carbocycles. The number of pyridine rings is 1. The molecule has 88 valence electrons. The van der Waals surface area contributed by atoms with Gasteiger partial charge < -0.3 is 4.98 Å². The van der Waals surface area contributed by atoms with E-state index in [2.05, 4.69) is 36.2 Å². The molecular weight excluding hydrogens is 210 g/mol. The van der Waals surface area contributed by atoms with Crippen LogP contribution in [0.25, 0.3) is 11.1 Å². The summed E-state index contributed by atoms with van der Waals surface area (Å²) in [5.41, 5.74) is 4.31. The van der Waals surface area contributed by atoms with Crippen molar-refractivity contribution in [3.05, 3.63) is 58.0 Å². The van der Waals surface area contributed by atoms with Gasteiger partial charge in [-0.1, -0.05) is 37.6 Å². The van der Waals surface area contributed by atoms with Crippen molar-refractivity contribution in [3.63, 3.8) is 0 Å². The van der Waals surface area contributed by atoms with Crippen molar-refractivity contribution in [2.24, 2.45) is 0 Å². The van der Waals surface area contributed by atoms with Gasteiger partial charge >= 0.3 is 0 Å². The van der Waals surface area contributed by atoms with Crippen molar-refractivity contribution in [1.82, 2.24) is 4.98 Å². The predicted octanol–water partition coefficient (Wildman–Crippen LogP) is 3.30. The minimum Gasteiger partial charge on any atom is -0.328 e. The Hall–Kier alpha value is -1.83. The second-order valence-corrected chi connectivity index (χ2v) is 4.35. The number of aryl methyl sites for hydroxylation is 2. The molecule has 0 saturated heterocycles. The van der Waals surface area contributed by atoms with E-state index in [0.717, 1.165) is 29.5 Å². The van der Waals surface area contributed by atoms with Gasteiger partial charge in [-0.2, -0.15) is 0 Å². The molecule has 0 saturated carbocycles. The molecule has 2 heteroatoms. The maximum atomic E-state index is 11.3. The third-order valence-corrected chi connectivity index (χ3v) is 2.89. The zero-order valence-electron chi connectivity index (χ0n) is 10.3. The SMILES string of the molecule is CCCc1cccc(-c2c[nH]c(=O)c(C)c2)c1. The normalized spacial score (nSPS) is 10.5. The molecule has 1 aromatic heterocycles. The molecule has 0 aliphatic heterocycles. The first-order chi connectivity index (χ1) is 8.20. The lowest BCUT2D eigenvalue weighted by molar-refractivity contribution is 0.922. The Morgan fingerprint density at radius 3 is 2.71 bits per heavy atom. The lowest BCUT2D eigenvalue weighted by atomic mass is 10.0. The molecule has 0 atom stereocenters. The third kappa shape index (κ3) is 2.64. The van der Waals surface area contributed by atoms with Gasteiger partial charge in [-0.15, -0.1) is 0 Å². The van der Waals surface area contributed by atoms with E-state index in [4.69, 9.17) is 0 Å². The van der Waals surface area contributed by atoms with Crippen LogP contribution in [0.1, 0.15) is 24.5 Å². The van der Waals surface area contributed by atoms with Gasteiger partial charge in [0.1, 0.15) is 0 Å². The average Bonchev–Trinajstić information content (AvgIpc) is 2.33. The fraction of sp³-hybridized carbons (Fsp3) is 0.267. The van der Waals surface area contributed by atoms with Crippen molar-refractivity contribution in [2.45, 2.75) is 26.7 Å². The molecule has 0 radical (unpaired) electrons. The van der Waals surface area contributed by atoms with Crippen LogP contribution in [-0.4, -0.2) is 4.98 Å². The topological polar surface area (TPSA) is 32.9 Å². The molecule has 2 rings (SSSR count). The second-order valence-electron chi connectivity index (χ2n) is 4.35. The molecule has 0 unspecified atom stereocenters. The van der Waals surface area contributed by atoms with Gasteiger partial charge in [0.05, 0.1) is 0 Å². The first-order valence-electron chi connectivity index (χ1n) is 5.99. The zero-order chi connectivity index (χ0) is 12.3. The van der Waals surface area contributed by atoms with E-state index in [1.807, 2.05) is 13.0 Å². The van der Waals surface area contributed by atoms with Gasteiger partial charge in [0.25, 0.3) is 5.56 Å². The van der Waals surface area contributed by atoms with E-state index in [1.54, 1.807) is 6.20 Å². The summed E-state index contributed by atoms with van der Waals surface area (Å²) >= 11 is 0. The number of H-pyrrole nitrogens is 1. The van der Waals surface area contributed by atoms with Crippen LogP contribution < -0.4 is 5.56 Å². The van der Waals surface area contributed by atoms with E-state index in [0.29, 0.717) is 0 Å². The lowest BCUT2D eigenvalue weighted by Crippen LogP contribution is -2.07. The maximum absolute atomic E-state index is 11.3. The van der Waals surface area contributed by atoms with Crippen molar-refractivity contribution in [1.29, 1.82) is 0 Å². The molecule has 0 aliphatic rings. The van der Waals surface area contributed by atoms with Crippen molar-refractivity contribution in [3.8, 4) is 11.1 Å². The standard InChI is InChI=1S/C15H17NO/c1-3-5-12-6-4-7-13(9-12)14-8-11(2)15(17)16-10-14/h4,6-10H,3,5H2,1-2H3,(H,16,17). The first-order valence-corrected chi connectivity index (χ1v) is 5.99. The predicted molar refractivity (Wildman–Crippen MR) is 71.2 cm³/mol. The van der Waals surface area contributed by atoms with Crippen LogP contribution in [0.5, 0.6) is 0 Å². The molecule has 0 aliphatic carbocycles. The molecule has 0 amide bonds. The summed E-state index contributed by atoms with van der Waals surface area (Å²) in [5, 5.41) is 0. The molecule has 1 N–H and O–H groups in total. The number of aromatic amines is 1. The molecular formula is C15H17NO. The van der Waals surface area contributed by atoms with E-state index in [1.165, 1.54) is 5.56 Å². The summed E-state index contributed by atoms with van der Waals surface area (Å²) in [6, 6.07) is 10.4. The summed E-state index contributed by atoms with van der Waals surface area (Å²) < 4.78 is 0. The van der Waals surface area contributed by atoms with Crippen LogP contribution in [0.3, 0.4) is 0 Å². The highest BCUT2D eigenvalue weighted by Gasteiger charge is 2.01. The van der Waals surface area contributed by atoms with Gasteiger partial charge in [-0.25, -0.2) is 0 Å². The summed E-state index contributed by atoms with van der Waals surface area (Å²) in [7, 11) is 0. The number of nitrogens with one attached hydrogen (secondary N) is 1. The zero-order valence-corrected chi connectivity index (χ0v) is 10.3. The Morgan fingerprint density at radius 1 is 1.18 bits per heavy atom. The molecule has 0 fully saturated rings. The number of hydrogen-bond donors (Lipinski definition) is 1. The fourth-order valence-corrected chi connectivity index (χ4v) is 1.96. The molecule has 0 spiro atoms. The number of benzene rings is 1. The quantitative estimate of drug-likeness (QED) is 0.857. The lowest BCUT2D eigenvalue weighted by Gasteiger charge is -2.05. The molecule has 1 heterocycles. The minimum atomic E-state index is -0.0153. The van der Waals surface area contributed by atoms with Crippen LogP contribution in [0.15, 0.2) is 41.3 Å². The smallest absolute Gasteiger partial charge is 0.250 e. The van der Waals surface area contributed by atoms with E-state index in [-0.39, 0.29) is 5.56 Å². The average molecular weight is 227 g/mol. The Morgan fingerprint density at radius 2 is 2.00 bits per heavy atom. The fourth-order valence-electron chi connectivity index (χ4n) is 1.96. The molecule has 2 aromatic rings. The number of hydrogen-bond acceptors (Lipinski definition) is 1. The second kappa shape index (κ2) is 5.00. The van der Waals surface area contributed by atoms with Gasteiger partial charge in [0, 0.05) is 11.8 Å².